The Balaban J connectivity index is 1.74. The van der Waals surface area contributed by atoms with Crippen LogP contribution >= 0.6 is 0 Å². The lowest BCUT2D eigenvalue weighted by Crippen LogP contribution is -2.56. The maximum Gasteiger partial charge on any atom is 0.311 e. The molecule has 2 unspecified atom stereocenters. The standard InChI is InChI=1S/C17H28O7/c1-15(2,3)14(18)19-8-9-10-11(22-16(4,5)21-10)12-13(20-9)24-17(6,7)23-12/h9-13H,8H2,1-7H3/t9-,10+,11+,12?,13?/m1/s1. The minimum Gasteiger partial charge on any atom is -0.462 e. The number of ether oxygens (including phenoxy) is 6. The van der Waals surface area contributed by atoms with Gasteiger partial charge in [0.25, 0.3) is 0 Å². The van der Waals surface area contributed by atoms with Gasteiger partial charge in [-0.2, -0.15) is 0 Å². The number of carbonyl (C=O) groups is 1. The van der Waals surface area contributed by atoms with Crippen molar-refractivity contribution >= 4 is 5.97 Å². The fraction of sp³-hybridized carbons (Fsp3) is 0.941. The van der Waals surface area contributed by atoms with Crippen molar-refractivity contribution in [1.82, 2.24) is 0 Å². The molecule has 3 fully saturated rings. The Labute approximate surface area is 142 Å². The highest BCUT2D eigenvalue weighted by Gasteiger charge is 2.60. The monoisotopic (exact) mass is 344 g/mol. The third kappa shape index (κ3) is 3.46. The molecule has 3 aliphatic heterocycles. The van der Waals surface area contributed by atoms with Gasteiger partial charge in [-0.25, -0.2) is 0 Å². The van der Waals surface area contributed by atoms with Gasteiger partial charge in [-0.3, -0.25) is 4.79 Å². The second kappa shape index (κ2) is 5.64. The minimum absolute atomic E-state index is 0.0870. The summed E-state index contributed by atoms with van der Waals surface area (Å²) < 4.78 is 35.2. The molecule has 5 atom stereocenters. The van der Waals surface area contributed by atoms with E-state index in [4.69, 9.17) is 28.4 Å². The summed E-state index contributed by atoms with van der Waals surface area (Å²) in [7, 11) is 0. The molecule has 7 heteroatoms. The third-order valence-electron chi connectivity index (χ3n) is 4.24. The molecule has 0 aromatic heterocycles. The van der Waals surface area contributed by atoms with E-state index in [1.165, 1.54) is 0 Å². The molecule has 0 N–H and O–H groups in total. The lowest BCUT2D eigenvalue weighted by atomic mass is 9.97. The van der Waals surface area contributed by atoms with E-state index in [0.29, 0.717) is 0 Å². The van der Waals surface area contributed by atoms with Crippen molar-refractivity contribution in [3.63, 3.8) is 0 Å². The van der Waals surface area contributed by atoms with Gasteiger partial charge in [0.15, 0.2) is 17.9 Å². The highest BCUT2D eigenvalue weighted by atomic mass is 16.9. The normalized spacial score (nSPS) is 40.0. The zero-order chi connectivity index (χ0) is 17.9. The van der Waals surface area contributed by atoms with E-state index in [2.05, 4.69) is 0 Å². The Morgan fingerprint density at radius 1 is 0.917 bits per heavy atom. The Hall–Kier alpha value is -0.730. The average molecular weight is 344 g/mol. The van der Waals surface area contributed by atoms with Crippen LogP contribution in [0, 0.1) is 5.41 Å². The summed E-state index contributed by atoms with van der Waals surface area (Å²) in [6, 6.07) is 0. The lowest BCUT2D eigenvalue weighted by Gasteiger charge is -2.37. The van der Waals surface area contributed by atoms with E-state index < -0.39 is 29.4 Å². The first-order valence-electron chi connectivity index (χ1n) is 8.42. The maximum atomic E-state index is 12.1. The van der Waals surface area contributed by atoms with E-state index in [-0.39, 0.29) is 30.9 Å². The van der Waals surface area contributed by atoms with Crippen molar-refractivity contribution in [3.8, 4) is 0 Å². The largest absolute Gasteiger partial charge is 0.462 e. The molecule has 3 saturated heterocycles. The molecule has 3 rings (SSSR count). The van der Waals surface area contributed by atoms with Gasteiger partial charge in [-0.15, -0.1) is 0 Å². The molecular formula is C17H28O7. The molecule has 0 aromatic carbocycles. The molecule has 0 saturated carbocycles. The van der Waals surface area contributed by atoms with Gasteiger partial charge in [0, 0.05) is 0 Å². The average Bonchev–Trinajstić information content (AvgIpc) is 2.88. The topological polar surface area (TPSA) is 72.5 Å². The summed E-state index contributed by atoms with van der Waals surface area (Å²) in [6.45, 7) is 12.9. The Morgan fingerprint density at radius 3 is 2.08 bits per heavy atom. The molecule has 0 amide bonds. The van der Waals surface area contributed by atoms with Gasteiger partial charge in [0.05, 0.1) is 5.41 Å². The number of fused-ring (bicyclic) bond motifs is 3. The molecule has 0 bridgehead atoms. The fourth-order valence-electron chi connectivity index (χ4n) is 3.20. The van der Waals surface area contributed by atoms with E-state index in [0.717, 1.165) is 0 Å². The summed E-state index contributed by atoms with van der Waals surface area (Å²) in [5.41, 5.74) is -0.572. The molecule has 0 spiro atoms. The first kappa shape index (κ1) is 18.1. The Kier molecular flexibility index (Phi) is 4.25. The first-order chi connectivity index (χ1) is 10.9. The van der Waals surface area contributed by atoms with Gasteiger partial charge in [-0.05, 0) is 48.5 Å². The molecule has 3 heterocycles. The Bertz CT molecular complexity index is 508. The number of esters is 1. The summed E-state index contributed by atoms with van der Waals surface area (Å²) >= 11 is 0. The van der Waals surface area contributed by atoms with Crippen LogP contribution in [0.2, 0.25) is 0 Å². The summed E-state index contributed by atoms with van der Waals surface area (Å²) in [5.74, 6) is -1.80. The zero-order valence-electron chi connectivity index (χ0n) is 15.5. The maximum absolute atomic E-state index is 12.1. The fourth-order valence-corrected chi connectivity index (χ4v) is 3.20. The zero-order valence-corrected chi connectivity index (χ0v) is 15.5. The van der Waals surface area contributed by atoms with Crippen LogP contribution in [0.1, 0.15) is 48.5 Å². The van der Waals surface area contributed by atoms with Gasteiger partial charge < -0.3 is 28.4 Å². The van der Waals surface area contributed by atoms with E-state index in [1.807, 2.05) is 48.5 Å². The van der Waals surface area contributed by atoms with Crippen molar-refractivity contribution in [2.45, 2.75) is 90.7 Å². The van der Waals surface area contributed by atoms with Gasteiger partial charge in [0.2, 0.25) is 0 Å². The van der Waals surface area contributed by atoms with Crippen LogP contribution in [0.3, 0.4) is 0 Å². The number of hydrogen-bond acceptors (Lipinski definition) is 7. The highest BCUT2D eigenvalue weighted by Crippen LogP contribution is 2.44. The number of rotatable bonds is 2. The van der Waals surface area contributed by atoms with Crippen LogP contribution in [-0.2, 0) is 33.2 Å². The quantitative estimate of drug-likeness (QED) is 0.709. The molecule has 138 valence electrons. The van der Waals surface area contributed by atoms with Crippen molar-refractivity contribution in [2.75, 3.05) is 6.61 Å². The van der Waals surface area contributed by atoms with Gasteiger partial charge >= 0.3 is 5.97 Å². The van der Waals surface area contributed by atoms with Crippen molar-refractivity contribution in [2.24, 2.45) is 5.41 Å². The summed E-state index contributed by atoms with van der Waals surface area (Å²) in [5, 5.41) is 0. The molecule has 24 heavy (non-hydrogen) atoms. The van der Waals surface area contributed by atoms with Crippen LogP contribution in [-0.4, -0.2) is 54.9 Å². The molecule has 3 aliphatic rings. The van der Waals surface area contributed by atoms with Gasteiger partial charge in [-0.1, -0.05) is 0 Å². The predicted molar refractivity (Wildman–Crippen MR) is 82.9 cm³/mol. The van der Waals surface area contributed by atoms with Crippen LogP contribution in [0.5, 0.6) is 0 Å². The number of carbonyl (C=O) groups excluding carboxylic acids is 1. The molecule has 0 radical (unpaired) electrons. The van der Waals surface area contributed by atoms with Crippen LogP contribution in [0.15, 0.2) is 0 Å². The molecule has 0 aromatic rings. The molecular weight excluding hydrogens is 316 g/mol. The van der Waals surface area contributed by atoms with Gasteiger partial charge in [0.1, 0.15) is 31.0 Å². The predicted octanol–water partition coefficient (Wildman–Crippen LogP) is 1.97. The smallest absolute Gasteiger partial charge is 0.311 e. The Morgan fingerprint density at radius 2 is 1.46 bits per heavy atom. The number of hydrogen-bond donors (Lipinski definition) is 0. The van der Waals surface area contributed by atoms with E-state index >= 15 is 0 Å². The molecule has 7 nitrogen and oxygen atoms in total. The molecule has 0 aliphatic carbocycles. The third-order valence-corrected chi connectivity index (χ3v) is 4.24. The SMILES string of the molecule is CC1(C)OC2O[C@H](COC(=O)C(C)(C)C)[C@@H]3OC(C)(C)O[C@@H]3C2O1. The highest BCUT2D eigenvalue weighted by molar-refractivity contribution is 5.75. The van der Waals surface area contributed by atoms with E-state index in [1.54, 1.807) is 0 Å². The summed E-state index contributed by atoms with van der Waals surface area (Å²) in [6.07, 6.45) is -2.13. The van der Waals surface area contributed by atoms with Crippen LogP contribution in [0.25, 0.3) is 0 Å². The minimum atomic E-state index is -0.757. The second-order valence-corrected chi connectivity index (χ2v) is 8.56. The van der Waals surface area contributed by atoms with E-state index in [9.17, 15) is 4.79 Å². The van der Waals surface area contributed by atoms with Crippen molar-refractivity contribution in [3.05, 3.63) is 0 Å². The first-order valence-corrected chi connectivity index (χ1v) is 8.42. The second-order valence-electron chi connectivity index (χ2n) is 8.56. The van der Waals surface area contributed by atoms with Crippen molar-refractivity contribution < 1.29 is 33.2 Å². The van der Waals surface area contributed by atoms with Crippen LogP contribution < -0.4 is 0 Å². The lowest BCUT2D eigenvalue weighted by molar-refractivity contribution is -0.243. The van der Waals surface area contributed by atoms with Crippen molar-refractivity contribution in [1.29, 1.82) is 0 Å². The van der Waals surface area contributed by atoms with Crippen LogP contribution in [0.4, 0.5) is 0 Å². The summed E-state index contributed by atoms with van der Waals surface area (Å²) in [4.78, 5) is 12.1.